The van der Waals surface area contributed by atoms with Crippen molar-refractivity contribution in [2.45, 2.75) is 18.7 Å². The van der Waals surface area contributed by atoms with E-state index >= 15 is 0 Å². The number of esters is 1. The van der Waals surface area contributed by atoms with Crippen LogP contribution in [0, 0.1) is 0 Å². The molecule has 1 aromatic rings. The number of rotatable bonds is 3. The van der Waals surface area contributed by atoms with E-state index in [1.54, 1.807) is 6.07 Å². The van der Waals surface area contributed by atoms with Crippen LogP contribution in [-0.2, 0) is 19.9 Å². The highest BCUT2D eigenvalue weighted by Crippen LogP contribution is 2.30. The summed E-state index contributed by atoms with van der Waals surface area (Å²) in [6.45, 7) is 1.13. The summed E-state index contributed by atoms with van der Waals surface area (Å²) in [6, 6.07) is 7.56. The molecule has 20 heavy (non-hydrogen) atoms. The third kappa shape index (κ3) is 3.28. The second kappa shape index (κ2) is 5.52. The fourth-order valence-electron chi connectivity index (χ4n) is 1.65. The number of likely N-dealkylation sites (N-methyl/N-ethyl adjacent to an activating group) is 1. The van der Waals surface area contributed by atoms with Crippen molar-refractivity contribution < 1.29 is 27.5 Å². The maximum Gasteiger partial charge on any atom is 0.490 e. The quantitative estimate of drug-likeness (QED) is 0.801. The third-order valence-corrected chi connectivity index (χ3v) is 2.67. The summed E-state index contributed by atoms with van der Waals surface area (Å²) in [5, 5.41) is 0. The molecule has 0 aliphatic carbocycles. The number of nitrogens with zero attached hydrogens (tertiary/aromatic N) is 1. The Kier molecular flexibility index (Phi) is 4.42. The molecule has 0 radical (unpaired) electrons. The SMILES string of the molecule is CN(C)C(=O)C(C)(OC(=O)C(F)(F)F)c1ccccc1. The van der Waals surface area contributed by atoms with Crippen molar-refractivity contribution in [3.63, 3.8) is 0 Å². The standard InChI is InChI=1S/C13H14F3NO3/c1-12(10(18)17(2)3,9-7-5-4-6-8-9)20-11(19)13(14,15)16/h4-8H,1-3H3. The van der Waals surface area contributed by atoms with Gasteiger partial charge in [0.2, 0.25) is 5.60 Å². The van der Waals surface area contributed by atoms with E-state index < -0.39 is 23.7 Å². The molecule has 1 atom stereocenters. The molecule has 0 spiro atoms. The van der Waals surface area contributed by atoms with E-state index in [2.05, 4.69) is 4.74 Å². The minimum atomic E-state index is -5.16. The van der Waals surface area contributed by atoms with Gasteiger partial charge in [-0.25, -0.2) is 4.79 Å². The Morgan fingerprint density at radius 1 is 1.10 bits per heavy atom. The third-order valence-electron chi connectivity index (χ3n) is 2.67. The molecule has 7 heteroatoms. The van der Waals surface area contributed by atoms with Crippen LogP contribution in [0.25, 0.3) is 0 Å². The molecule has 0 aliphatic heterocycles. The zero-order chi connectivity index (χ0) is 15.6. The van der Waals surface area contributed by atoms with Gasteiger partial charge < -0.3 is 9.64 Å². The number of benzene rings is 1. The van der Waals surface area contributed by atoms with Crippen molar-refractivity contribution in [3.05, 3.63) is 35.9 Å². The summed E-state index contributed by atoms with van der Waals surface area (Å²) in [5.41, 5.74) is -1.87. The van der Waals surface area contributed by atoms with Gasteiger partial charge in [0.25, 0.3) is 5.91 Å². The van der Waals surface area contributed by atoms with Crippen molar-refractivity contribution >= 4 is 11.9 Å². The first-order chi connectivity index (χ1) is 9.09. The van der Waals surface area contributed by atoms with Gasteiger partial charge in [0.05, 0.1) is 0 Å². The Morgan fingerprint density at radius 3 is 2.00 bits per heavy atom. The maximum atomic E-state index is 12.4. The predicted molar refractivity (Wildman–Crippen MR) is 64.6 cm³/mol. The Labute approximate surface area is 114 Å². The van der Waals surface area contributed by atoms with E-state index in [-0.39, 0.29) is 5.56 Å². The van der Waals surface area contributed by atoms with Gasteiger partial charge in [-0.15, -0.1) is 0 Å². The lowest BCUT2D eigenvalue weighted by Gasteiger charge is -2.31. The van der Waals surface area contributed by atoms with E-state index in [9.17, 15) is 22.8 Å². The molecule has 1 unspecified atom stereocenters. The Bertz CT molecular complexity index is 499. The molecule has 110 valence electrons. The van der Waals surface area contributed by atoms with Crippen LogP contribution in [0.2, 0.25) is 0 Å². The molecule has 1 aromatic carbocycles. The molecule has 1 amide bonds. The predicted octanol–water partition coefficient (Wildman–Crippen LogP) is 2.10. The number of halogens is 3. The van der Waals surface area contributed by atoms with Crippen molar-refractivity contribution in [3.8, 4) is 0 Å². The van der Waals surface area contributed by atoms with Crippen molar-refractivity contribution in [2.75, 3.05) is 14.1 Å². The summed E-state index contributed by atoms with van der Waals surface area (Å²) in [4.78, 5) is 24.2. The van der Waals surface area contributed by atoms with Crippen LogP contribution in [-0.4, -0.2) is 37.0 Å². The number of alkyl halides is 3. The summed E-state index contributed by atoms with van der Waals surface area (Å²) < 4.78 is 41.5. The Morgan fingerprint density at radius 2 is 1.60 bits per heavy atom. The molecule has 0 fully saturated rings. The van der Waals surface area contributed by atoms with Crippen LogP contribution in [0.4, 0.5) is 13.2 Å². The van der Waals surface area contributed by atoms with Gasteiger partial charge in [0, 0.05) is 19.7 Å². The summed E-state index contributed by atoms with van der Waals surface area (Å²) in [5.74, 6) is -3.17. The topological polar surface area (TPSA) is 46.6 Å². The number of hydrogen-bond donors (Lipinski definition) is 0. The van der Waals surface area contributed by atoms with Gasteiger partial charge in [-0.05, 0) is 6.92 Å². The molecule has 1 rings (SSSR count). The lowest BCUT2D eigenvalue weighted by Crippen LogP contribution is -2.47. The van der Waals surface area contributed by atoms with E-state index in [0.29, 0.717) is 0 Å². The molecule has 0 saturated heterocycles. The van der Waals surface area contributed by atoms with Crippen molar-refractivity contribution in [1.82, 2.24) is 4.90 Å². The molecular weight excluding hydrogens is 275 g/mol. The van der Waals surface area contributed by atoms with Crippen LogP contribution >= 0.6 is 0 Å². The first-order valence-corrected chi connectivity index (χ1v) is 5.66. The number of carbonyl (C=O) groups is 2. The van der Waals surface area contributed by atoms with E-state index in [1.807, 2.05) is 0 Å². The van der Waals surface area contributed by atoms with Crippen LogP contribution in [0.3, 0.4) is 0 Å². The molecule has 0 N–H and O–H groups in total. The van der Waals surface area contributed by atoms with Crippen LogP contribution < -0.4 is 0 Å². The number of ether oxygens (including phenoxy) is 1. The van der Waals surface area contributed by atoms with Gasteiger partial charge in [-0.2, -0.15) is 13.2 Å². The number of hydrogen-bond acceptors (Lipinski definition) is 3. The van der Waals surface area contributed by atoms with Crippen LogP contribution in [0.1, 0.15) is 12.5 Å². The minimum absolute atomic E-state index is 0.163. The molecule has 0 bridgehead atoms. The normalized spacial score (nSPS) is 14.3. The lowest BCUT2D eigenvalue weighted by molar-refractivity contribution is -0.215. The van der Waals surface area contributed by atoms with E-state index in [1.165, 1.54) is 38.4 Å². The second-order valence-corrected chi connectivity index (χ2v) is 4.49. The molecule has 0 saturated carbocycles. The molecule has 0 heterocycles. The molecule has 4 nitrogen and oxygen atoms in total. The zero-order valence-corrected chi connectivity index (χ0v) is 11.2. The van der Waals surface area contributed by atoms with Crippen LogP contribution in [0.15, 0.2) is 30.3 Å². The largest absolute Gasteiger partial charge is 0.490 e. The van der Waals surface area contributed by atoms with Gasteiger partial charge in [0.15, 0.2) is 0 Å². The molecule has 0 aromatic heterocycles. The summed E-state index contributed by atoms with van der Waals surface area (Å²) in [6.07, 6.45) is -5.16. The smallest absolute Gasteiger partial charge is 0.438 e. The Balaban J connectivity index is 3.23. The average Bonchev–Trinajstić information content (AvgIpc) is 2.37. The van der Waals surface area contributed by atoms with Gasteiger partial charge in [0.1, 0.15) is 0 Å². The van der Waals surface area contributed by atoms with Crippen molar-refractivity contribution in [1.29, 1.82) is 0 Å². The second-order valence-electron chi connectivity index (χ2n) is 4.49. The lowest BCUT2D eigenvalue weighted by atomic mass is 9.94. The number of amides is 1. The van der Waals surface area contributed by atoms with Gasteiger partial charge >= 0.3 is 12.1 Å². The van der Waals surface area contributed by atoms with E-state index in [4.69, 9.17) is 0 Å². The maximum absolute atomic E-state index is 12.4. The monoisotopic (exact) mass is 289 g/mol. The number of carbonyl (C=O) groups excluding carboxylic acids is 2. The van der Waals surface area contributed by atoms with Crippen molar-refractivity contribution in [2.24, 2.45) is 0 Å². The van der Waals surface area contributed by atoms with Gasteiger partial charge in [-0.1, -0.05) is 30.3 Å². The highest BCUT2D eigenvalue weighted by molar-refractivity contribution is 5.89. The van der Waals surface area contributed by atoms with E-state index in [0.717, 1.165) is 11.8 Å². The first kappa shape index (κ1) is 16.0. The molecular formula is C13H14F3NO3. The average molecular weight is 289 g/mol. The highest BCUT2D eigenvalue weighted by atomic mass is 19.4. The first-order valence-electron chi connectivity index (χ1n) is 5.66. The fourth-order valence-corrected chi connectivity index (χ4v) is 1.65. The summed E-state index contributed by atoms with van der Waals surface area (Å²) >= 11 is 0. The summed E-state index contributed by atoms with van der Waals surface area (Å²) in [7, 11) is 2.73. The van der Waals surface area contributed by atoms with Crippen LogP contribution in [0.5, 0.6) is 0 Å². The molecule has 0 aliphatic rings. The fraction of sp³-hybridized carbons (Fsp3) is 0.385. The highest BCUT2D eigenvalue weighted by Gasteiger charge is 2.49. The Hall–Kier alpha value is -2.05. The minimum Gasteiger partial charge on any atom is -0.438 e. The zero-order valence-electron chi connectivity index (χ0n) is 11.2. The van der Waals surface area contributed by atoms with Gasteiger partial charge in [-0.3, -0.25) is 4.79 Å².